The first-order valence-electron chi connectivity index (χ1n) is 6.60. The van der Waals surface area contributed by atoms with Crippen molar-refractivity contribution in [2.75, 3.05) is 11.9 Å². The maximum absolute atomic E-state index is 5.73. The zero-order valence-corrected chi connectivity index (χ0v) is 11.3. The van der Waals surface area contributed by atoms with Crippen LogP contribution >= 0.6 is 0 Å². The van der Waals surface area contributed by atoms with E-state index in [1.54, 1.807) is 12.4 Å². The maximum atomic E-state index is 5.73. The summed E-state index contributed by atoms with van der Waals surface area (Å²) in [5.74, 6) is 0.813. The van der Waals surface area contributed by atoms with Crippen LogP contribution in [0, 0.1) is 0 Å². The van der Waals surface area contributed by atoms with Gasteiger partial charge in [-0.15, -0.1) is 5.10 Å². The number of hydrogen-bond donors (Lipinski definition) is 1. The van der Waals surface area contributed by atoms with Crippen molar-refractivity contribution in [1.82, 2.24) is 15.2 Å². The van der Waals surface area contributed by atoms with Gasteiger partial charge in [-0.3, -0.25) is 4.98 Å². The molecule has 5 heteroatoms. The summed E-state index contributed by atoms with van der Waals surface area (Å²) < 4.78 is 5.73. The number of hydrogen-bond acceptors (Lipinski definition) is 5. The van der Waals surface area contributed by atoms with Gasteiger partial charge in [-0.05, 0) is 32.8 Å². The molecule has 3 rings (SSSR count). The van der Waals surface area contributed by atoms with Crippen LogP contribution in [-0.4, -0.2) is 33.4 Å². The summed E-state index contributed by atoms with van der Waals surface area (Å²) in [5.41, 5.74) is -0.0772. The summed E-state index contributed by atoms with van der Waals surface area (Å²) in [4.78, 5) is 4.16. The van der Waals surface area contributed by atoms with Gasteiger partial charge in [0, 0.05) is 35.8 Å². The number of rotatable bonds is 2. The van der Waals surface area contributed by atoms with Crippen molar-refractivity contribution in [2.24, 2.45) is 0 Å². The molecule has 1 aliphatic heterocycles. The van der Waals surface area contributed by atoms with Crippen LogP contribution in [0.2, 0.25) is 0 Å². The monoisotopic (exact) mass is 258 g/mol. The molecule has 2 aromatic rings. The maximum Gasteiger partial charge on any atom is 0.158 e. The zero-order chi connectivity index (χ0) is 13.3. The van der Waals surface area contributed by atoms with Crippen LogP contribution in [0.4, 0.5) is 5.82 Å². The van der Waals surface area contributed by atoms with E-state index in [0.29, 0.717) is 6.04 Å². The fourth-order valence-electron chi connectivity index (χ4n) is 2.57. The summed E-state index contributed by atoms with van der Waals surface area (Å²) >= 11 is 0. The Morgan fingerprint density at radius 3 is 3.11 bits per heavy atom. The summed E-state index contributed by atoms with van der Waals surface area (Å²) in [6.07, 6.45) is 7.31. The van der Waals surface area contributed by atoms with E-state index in [9.17, 15) is 0 Å². The Kier molecular flexibility index (Phi) is 3.06. The van der Waals surface area contributed by atoms with Crippen molar-refractivity contribution < 1.29 is 4.74 Å². The van der Waals surface area contributed by atoms with Crippen LogP contribution in [0.3, 0.4) is 0 Å². The van der Waals surface area contributed by atoms with Gasteiger partial charge in [0.2, 0.25) is 0 Å². The van der Waals surface area contributed by atoms with Gasteiger partial charge in [-0.1, -0.05) is 0 Å². The first kappa shape index (κ1) is 12.3. The van der Waals surface area contributed by atoms with Gasteiger partial charge < -0.3 is 10.1 Å². The Balaban J connectivity index is 1.85. The molecule has 0 spiro atoms. The highest BCUT2D eigenvalue weighted by molar-refractivity contribution is 5.90. The van der Waals surface area contributed by atoms with Crippen molar-refractivity contribution in [1.29, 1.82) is 0 Å². The van der Waals surface area contributed by atoms with E-state index in [1.165, 1.54) is 0 Å². The Morgan fingerprint density at radius 1 is 1.37 bits per heavy atom. The molecule has 1 N–H and O–H groups in total. The number of ether oxygens (including phenoxy) is 1. The number of nitrogens with zero attached hydrogens (tertiary/aromatic N) is 3. The summed E-state index contributed by atoms with van der Waals surface area (Å²) in [5, 5.41) is 13.8. The van der Waals surface area contributed by atoms with Gasteiger partial charge in [0.15, 0.2) is 5.82 Å². The molecule has 0 bridgehead atoms. The van der Waals surface area contributed by atoms with Crippen LogP contribution in [0.15, 0.2) is 24.7 Å². The van der Waals surface area contributed by atoms with Gasteiger partial charge in [0.1, 0.15) is 0 Å². The highest BCUT2D eigenvalue weighted by atomic mass is 16.5. The fraction of sp³-hybridized carbons (Fsp3) is 0.500. The molecule has 1 unspecified atom stereocenters. The van der Waals surface area contributed by atoms with Crippen molar-refractivity contribution in [3.05, 3.63) is 24.7 Å². The molecule has 3 heterocycles. The Bertz CT molecular complexity index is 579. The lowest BCUT2D eigenvalue weighted by Crippen LogP contribution is -2.40. The third kappa shape index (κ3) is 2.66. The van der Waals surface area contributed by atoms with E-state index in [1.807, 2.05) is 12.3 Å². The third-order valence-corrected chi connectivity index (χ3v) is 3.50. The smallest absolute Gasteiger partial charge is 0.158 e. The molecule has 0 aliphatic carbocycles. The molecule has 19 heavy (non-hydrogen) atoms. The minimum Gasteiger partial charge on any atom is -0.375 e. The molecule has 1 fully saturated rings. The van der Waals surface area contributed by atoms with Gasteiger partial charge in [-0.25, -0.2) is 0 Å². The second-order valence-electron chi connectivity index (χ2n) is 5.60. The van der Waals surface area contributed by atoms with Crippen LogP contribution in [0.5, 0.6) is 0 Å². The normalized spacial score (nSPS) is 22.3. The Morgan fingerprint density at radius 2 is 2.26 bits per heavy atom. The quantitative estimate of drug-likeness (QED) is 0.896. The van der Waals surface area contributed by atoms with E-state index in [0.717, 1.165) is 36.0 Å². The van der Waals surface area contributed by atoms with Crippen molar-refractivity contribution in [3.8, 4) is 0 Å². The molecule has 5 nitrogen and oxygen atoms in total. The molecule has 0 amide bonds. The van der Waals surface area contributed by atoms with E-state index in [4.69, 9.17) is 4.74 Å². The van der Waals surface area contributed by atoms with Crippen LogP contribution in [-0.2, 0) is 4.74 Å². The summed E-state index contributed by atoms with van der Waals surface area (Å²) in [6, 6.07) is 2.31. The number of fused-ring (bicyclic) bond motifs is 1. The molecule has 1 saturated heterocycles. The topological polar surface area (TPSA) is 59.9 Å². The number of anilines is 1. The van der Waals surface area contributed by atoms with E-state index in [-0.39, 0.29) is 5.60 Å². The molecule has 0 saturated carbocycles. The Labute approximate surface area is 112 Å². The standard InChI is InChI=1S/C14H18N4O/c1-14(2)7-11(4-6-19-14)17-13-12-9-15-5-3-10(12)8-16-18-13/h3,5,8-9,11H,4,6-7H2,1-2H3,(H,17,18). The Hall–Kier alpha value is -1.75. The second kappa shape index (κ2) is 4.74. The van der Waals surface area contributed by atoms with Gasteiger partial charge >= 0.3 is 0 Å². The molecule has 1 aliphatic rings. The van der Waals surface area contributed by atoms with Gasteiger partial charge in [0.05, 0.1) is 11.8 Å². The zero-order valence-electron chi connectivity index (χ0n) is 11.3. The average Bonchev–Trinajstić information content (AvgIpc) is 2.38. The van der Waals surface area contributed by atoms with Crippen molar-refractivity contribution in [2.45, 2.75) is 38.3 Å². The number of nitrogens with one attached hydrogen (secondary N) is 1. The molecular weight excluding hydrogens is 240 g/mol. The predicted octanol–water partition coefficient (Wildman–Crippen LogP) is 2.39. The minimum atomic E-state index is -0.0772. The van der Waals surface area contributed by atoms with Crippen molar-refractivity contribution in [3.63, 3.8) is 0 Å². The van der Waals surface area contributed by atoms with Crippen LogP contribution < -0.4 is 5.32 Å². The third-order valence-electron chi connectivity index (χ3n) is 3.50. The molecule has 1 atom stereocenters. The number of pyridine rings is 1. The molecule has 0 aromatic carbocycles. The van der Waals surface area contributed by atoms with E-state index < -0.39 is 0 Å². The van der Waals surface area contributed by atoms with E-state index in [2.05, 4.69) is 34.3 Å². The highest BCUT2D eigenvalue weighted by Gasteiger charge is 2.29. The molecule has 100 valence electrons. The second-order valence-corrected chi connectivity index (χ2v) is 5.60. The minimum absolute atomic E-state index is 0.0772. The lowest BCUT2D eigenvalue weighted by atomic mass is 9.94. The highest BCUT2D eigenvalue weighted by Crippen LogP contribution is 2.27. The lowest BCUT2D eigenvalue weighted by Gasteiger charge is -2.36. The van der Waals surface area contributed by atoms with Gasteiger partial charge in [0.25, 0.3) is 0 Å². The van der Waals surface area contributed by atoms with Gasteiger partial charge in [-0.2, -0.15) is 5.10 Å². The van der Waals surface area contributed by atoms with E-state index >= 15 is 0 Å². The average molecular weight is 258 g/mol. The summed E-state index contributed by atoms with van der Waals surface area (Å²) in [7, 11) is 0. The summed E-state index contributed by atoms with van der Waals surface area (Å²) in [6.45, 7) is 5.02. The molecule has 2 aromatic heterocycles. The molecular formula is C14H18N4O. The number of aromatic nitrogens is 3. The first-order valence-corrected chi connectivity index (χ1v) is 6.60. The first-order chi connectivity index (χ1) is 9.14. The van der Waals surface area contributed by atoms with Crippen molar-refractivity contribution >= 4 is 16.6 Å². The fourth-order valence-corrected chi connectivity index (χ4v) is 2.57. The predicted molar refractivity (Wildman–Crippen MR) is 74.0 cm³/mol. The van der Waals surface area contributed by atoms with Crippen LogP contribution in [0.1, 0.15) is 26.7 Å². The largest absolute Gasteiger partial charge is 0.375 e. The van der Waals surface area contributed by atoms with Crippen LogP contribution in [0.25, 0.3) is 10.8 Å². The lowest BCUT2D eigenvalue weighted by molar-refractivity contribution is -0.0553. The SMILES string of the molecule is CC1(C)CC(Nc2nncc3ccncc23)CCO1. The molecule has 0 radical (unpaired) electrons.